The minimum Gasteiger partial charge on any atom is -0.508 e. The van der Waals surface area contributed by atoms with Gasteiger partial charge in [-0.15, -0.1) is 6.42 Å². The van der Waals surface area contributed by atoms with Gasteiger partial charge in [-0.25, -0.2) is 13.6 Å². The predicted molar refractivity (Wildman–Crippen MR) is 267 cm³/mol. The molecular weight excluding hydrogens is 981 g/mol. The van der Waals surface area contributed by atoms with E-state index in [4.69, 9.17) is 30.6 Å². The smallest absolute Gasteiger partial charge is 0.409 e. The number of carbonyl (C=O) groups is 5. The molecule has 9 aliphatic rings. The molecule has 0 aliphatic carbocycles. The molecule has 0 radical (unpaired) electrons. The molecule has 3 N–H and O–H groups in total. The number of piperidine rings is 2. The van der Waals surface area contributed by atoms with Crippen LogP contribution in [0.5, 0.6) is 11.8 Å². The van der Waals surface area contributed by atoms with Gasteiger partial charge in [0.2, 0.25) is 11.8 Å². The van der Waals surface area contributed by atoms with Crippen LogP contribution in [0.25, 0.3) is 32.9 Å². The van der Waals surface area contributed by atoms with Crippen LogP contribution in [0.4, 0.5) is 19.3 Å². The third-order valence-electron chi connectivity index (χ3n) is 18.6. The van der Waals surface area contributed by atoms with Gasteiger partial charge in [0.1, 0.15) is 47.7 Å². The molecule has 1 spiro atoms. The van der Waals surface area contributed by atoms with Crippen molar-refractivity contribution in [2.45, 2.75) is 112 Å². The number of imide groups is 1. The first kappa shape index (κ1) is 46.9. The molecule has 5 amide bonds. The lowest BCUT2D eigenvalue weighted by Crippen LogP contribution is -2.65. The highest BCUT2D eigenvalue weighted by Gasteiger charge is 3.00. The molecule has 11 heterocycles. The number of pyridine rings is 1. The number of nitrogens with zero attached hydrogens (tertiary/aromatic N) is 7. The number of morpholine rings is 1. The maximum atomic E-state index is 17.4. The Hall–Kier alpha value is -7.60. The summed E-state index contributed by atoms with van der Waals surface area (Å²) in [4.78, 5) is 84.8. The zero-order chi connectivity index (χ0) is 52.2. The molecule has 0 bridgehead atoms. The van der Waals surface area contributed by atoms with Gasteiger partial charge in [-0.2, -0.15) is 9.97 Å². The maximum absolute atomic E-state index is 17.4. The number of halogens is 2. The fourth-order valence-electron chi connectivity index (χ4n) is 15.4. The number of hydrogen-bond acceptors (Lipinski definition) is 13. The first-order valence-electron chi connectivity index (χ1n) is 26.1. The molecule has 2 aromatic heterocycles. The van der Waals surface area contributed by atoms with Gasteiger partial charge >= 0.3 is 12.1 Å². The molecule has 388 valence electrons. The van der Waals surface area contributed by atoms with E-state index in [1.807, 2.05) is 0 Å². The van der Waals surface area contributed by atoms with Gasteiger partial charge in [0, 0.05) is 84.3 Å². The topological polar surface area (TPSA) is 206 Å². The molecule has 3 aromatic carbocycles. The van der Waals surface area contributed by atoms with Crippen molar-refractivity contribution in [2.75, 3.05) is 44.8 Å². The second kappa shape index (κ2) is 16.7. The molecule has 8 saturated heterocycles. The number of rotatable bonds is 10. The predicted octanol–water partition coefficient (Wildman–Crippen LogP) is 5.54. The summed E-state index contributed by atoms with van der Waals surface area (Å²) in [5.41, 5.74) is 2.43. The number of benzene rings is 3. The molecule has 14 rings (SSSR count). The quantitative estimate of drug-likeness (QED) is 0.0518. The highest BCUT2D eigenvalue weighted by molar-refractivity contribution is 6.07. The van der Waals surface area contributed by atoms with Crippen LogP contribution < -0.4 is 15.4 Å². The van der Waals surface area contributed by atoms with Crippen molar-refractivity contribution >= 4 is 57.1 Å². The van der Waals surface area contributed by atoms with E-state index in [9.17, 15) is 29.1 Å². The van der Waals surface area contributed by atoms with Crippen molar-refractivity contribution in [3.05, 3.63) is 94.8 Å². The molecule has 5 aromatic rings. The minimum absolute atomic E-state index is 0.0119. The second-order valence-electron chi connectivity index (χ2n) is 22.2. The second-order valence-corrected chi connectivity index (χ2v) is 22.2. The summed E-state index contributed by atoms with van der Waals surface area (Å²) in [5, 5.41) is 17.1. The Kier molecular flexibility index (Phi) is 10.3. The number of fused-ring (bicyclic) bond motifs is 4. The van der Waals surface area contributed by atoms with E-state index >= 15 is 8.78 Å². The first-order chi connectivity index (χ1) is 36.7. The Morgan fingerprint density at radius 3 is 2.68 bits per heavy atom. The molecule has 5 unspecified atom stereocenters. The Morgan fingerprint density at radius 1 is 1.05 bits per heavy atom. The summed E-state index contributed by atoms with van der Waals surface area (Å²) in [6, 6.07) is 10.6. The van der Waals surface area contributed by atoms with E-state index in [0.717, 1.165) is 35.7 Å². The monoisotopic (exact) mass is 1030 g/mol. The fourth-order valence-corrected chi connectivity index (χ4v) is 15.4. The molecule has 76 heavy (non-hydrogen) atoms. The summed E-state index contributed by atoms with van der Waals surface area (Å²) < 4.78 is 52.1. The van der Waals surface area contributed by atoms with Crippen LogP contribution in [0.1, 0.15) is 91.0 Å². The number of anilines is 1. The van der Waals surface area contributed by atoms with Gasteiger partial charge < -0.3 is 34.4 Å². The molecule has 20 heteroatoms. The number of phenols is 1. The van der Waals surface area contributed by atoms with Crippen molar-refractivity contribution in [1.82, 2.24) is 35.0 Å². The molecular formula is C56H52F2N9O9+. The summed E-state index contributed by atoms with van der Waals surface area (Å²) >= 11 is 0. The van der Waals surface area contributed by atoms with E-state index in [2.05, 4.69) is 33.0 Å². The van der Waals surface area contributed by atoms with E-state index < -0.39 is 47.2 Å². The lowest BCUT2D eigenvalue weighted by Gasteiger charge is -2.50. The summed E-state index contributed by atoms with van der Waals surface area (Å²) in [6.07, 6.45) is 12.6. The molecule has 8 fully saturated rings. The SMILES string of the molecule is C#Cc1c(F)ccc2cc(O)cc(-c3ncc4c(C5C67CC8CCC(C6)[N+]857)nc(OC[C@@]56CC[C@@H](COC(=O)N7CCOC(C(=O)Nc8cccc9c8CN(C8CCC(=O)NC8=O)C9=O)C7)N5CC(=C)C6)nc4c3F)c12. The summed E-state index contributed by atoms with van der Waals surface area (Å²) in [6.45, 7) is 5.38. The van der Waals surface area contributed by atoms with E-state index in [-0.39, 0.29) is 121 Å². The maximum Gasteiger partial charge on any atom is 0.409 e. The standard InChI is InChI=1S/C56H51F2N9O9/c1-3-34-39(57)10-7-29-17-33(68)18-36(44(29)34)46-45(58)47-37(22-59-46)48(49-56-20-31-8-9-32(21-56)67(31,49)56)63-53(62-47)76-27-55-14-13-30(66(55)23-28(2)19-55)26-75-54(73)64-15-16-74-42(25-64)51(71)60-40-6-4-5-35-38(40)24-65(52(35)72)41-11-12-43(69)61-50(41)70/h1,4-7,10,17-18,22,30-32,41-42,49H,2,8-9,11-16,19-21,23-27H2,(H2-,60,61,68,69,70,71)/p+1/t30-,31?,32?,41?,42?,49?,55-,56?,67?/m0/s1. The molecule has 18 nitrogen and oxygen atoms in total. The number of carbonyl (C=O) groups excluding carboxylic acids is 5. The van der Waals surface area contributed by atoms with Crippen LogP contribution in [-0.4, -0.2) is 150 Å². The highest BCUT2D eigenvalue weighted by Crippen LogP contribution is 2.87. The number of aromatic hydroxyl groups is 1. The number of amides is 5. The highest BCUT2D eigenvalue weighted by atomic mass is 19.1. The largest absolute Gasteiger partial charge is 0.508 e. The number of quaternary nitrogens is 1. The number of hydrogen-bond donors (Lipinski definition) is 3. The zero-order valence-corrected chi connectivity index (χ0v) is 41.3. The Balaban J connectivity index is 0.676. The van der Waals surface area contributed by atoms with Crippen molar-refractivity contribution in [3.63, 3.8) is 0 Å². The van der Waals surface area contributed by atoms with Gasteiger partial charge in [-0.1, -0.05) is 30.2 Å². The number of phenolic OH excluding ortho intramolecular Hbond substituents is 1. The van der Waals surface area contributed by atoms with E-state index in [0.29, 0.717) is 71.2 Å². The number of nitrogens with one attached hydrogen (secondary N) is 2. The zero-order valence-electron chi connectivity index (χ0n) is 41.3. The molecule has 0 saturated carbocycles. The van der Waals surface area contributed by atoms with Gasteiger partial charge in [0.25, 0.3) is 11.8 Å². The third kappa shape index (κ3) is 6.60. The number of terminal acetylenes is 1. The van der Waals surface area contributed by atoms with Crippen LogP contribution in [-0.2, 0) is 30.4 Å². The lowest BCUT2D eigenvalue weighted by atomic mass is 9.78. The number of aromatic nitrogens is 3. The van der Waals surface area contributed by atoms with Gasteiger partial charge in [0.05, 0.1) is 49.2 Å². The van der Waals surface area contributed by atoms with Crippen LogP contribution >= 0.6 is 0 Å². The van der Waals surface area contributed by atoms with Crippen LogP contribution in [0, 0.1) is 24.0 Å². The first-order valence-corrected chi connectivity index (χ1v) is 26.1. The van der Waals surface area contributed by atoms with Crippen LogP contribution in [0.3, 0.4) is 0 Å². The number of ether oxygens (including phenoxy) is 3. The van der Waals surface area contributed by atoms with Crippen molar-refractivity contribution in [3.8, 4) is 35.4 Å². The van der Waals surface area contributed by atoms with Crippen LogP contribution in [0.2, 0.25) is 0 Å². The molecule has 9 aliphatic heterocycles. The Labute approximate surface area is 433 Å². The lowest BCUT2D eigenvalue weighted by molar-refractivity contribution is -0.953. The van der Waals surface area contributed by atoms with Crippen molar-refractivity contribution in [2.24, 2.45) is 0 Å². The van der Waals surface area contributed by atoms with Crippen LogP contribution in [0.15, 0.2) is 60.8 Å². The van der Waals surface area contributed by atoms with E-state index in [1.54, 1.807) is 24.4 Å². The summed E-state index contributed by atoms with van der Waals surface area (Å²) in [7, 11) is 0. The Bertz CT molecular complexity index is 3520. The normalized spacial score (nSPS) is 30.8. The fraction of sp³-hybridized carbons (Fsp3) is 0.429. The van der Waals surface area contributed by atoms with Gasteiger partial charge in [0.15, 0.2) is 23.5 Å². The average Bonchev–Trinajstić information content (AvgIpc) is 1.55. The Morgan fingerprint density at radius 2 is 1.88 bits per heavy atom. The van der Waals surface area contributed by atoms with Gasteiger partial charge in [-0.05, 0) is 61.4 Å². The average molecular weight is 1030 g/mol. The van der Waals surface area contributed by atoms with Gasteiger partial charge in [-0.3, -0.25) is 38.9 Å². The van der Waals surface area contributed by atoms with Crippen molar-refractivity contribution in [1.29, 1.82) is 0 Å². The molecule has 7 atom stereocenters. The van der Waals surface area contributed by atoms with Crippen molar-refractivity contribution < 1.29 is 56.6 Å². The van der Waals surface area contributed by atoms with E-state index in [1.165, 1.54) is 34.1 Å². The summed E-state index contributed by atoms with van der Waals surface area (Å²) in [5.74, 6) is -0.990. The third-order valence-corrected chi connectivity index (χ3v) is 18.6. The minimum atomic E-state index is -1.04.